The van der Waals surface area contributed by atoms with Gasteiger partial charge >= 0.3 is 0 Å². The van der Waals surface area contributed by atoms with Gasteiger partial charge in [0.15, 0.2) is 0 Å². The second-order valence-corrected chi connectivity index (χ2v) is 7.60. The molecule has 1 amide bonds. The number of fused-ring (bicyclic) bond motifs is 1. The molecular weight excluding hydrogens is 354 g/mol. The van der Waals surface area contributed by atoms with Crippen LogP contribution in [0.4, 0.5) is 5.82 Å². The van der Waals surface area contributed by atoms with Crippen LogP contribution in [0.15, 0.2) is 28.9 Å². The Balaban J connectivity index is 1.56. The quantitative estimate of drug-likeness (QED) is 0.729. The minimum atomic E-state index is -0.153. The molecule has 1 saturated heterocycles. The van der Waals surface area contributed by atoms with Crippen molar-refractivity contribution in [2.45, 2.75) is 46.1 Å². The fourth-order valence-electron chi connectivity index (χ4n) is 3.56. The summed E-state index contributed by atoms with van der Waals surface area (Å²) in [5, 5.41) is 7.68. The topological polar surface area (TPSA) is 84.1 Å². The monoisotopic (exact) mass is 379 g/mol. The molecule has 4 heterocycles. The zero-order valence-corrected chi connectivity index (χ0v) is 16.5. The summed E-state index contributed by atoms with van der Waals surface area (Å²) in [5.74, 6) is 1.01. The number of nitrogens with zero attached hydrogens (tertiary/aromatic N) is 4. The summed E-state index contributed by atoms with van der Waals surface area (Å²) < 4.78 is 5.31. The fraction of sp³-hybridized carbons (Fsp3) is 0.429. The third-order valence-electron chi connectivity index (χ3n) is 5.17. The predicted octanol–water partition coefficient (Wildman–Crippen LogP) is 3.58. The van der Waals surface area contributed by atoms with E-state index in [0.717, 1.165) is 30.2 Å². The molecule has 1 aliphatic rings. The van der Waals surface area contributed by atoms with Crippen LogP contribution >= 0.6 is 0 Å². The molecule has 146 valence electrons. The second kappa shape index (κ2) is 7.58. The van der Waals surface area contributed by atoms with Crippen LogP contribution in [0.2, 0.25) is 0 Å². The first-order chi connectivity index (χ1) is 13.5. The summed E-state index contributed by atoms with van der Waals surface area (Å²) in [4.78, 5) is 24.2. The Hall–Kier alpha value is -2.96. The third-order valence-corrected chi connectivity index (χ3v) is 5.17. The highest BCUT2D eigenvalue weighted by Crippen LogP contribution is 2.25. The summed E-state index contributed by atoms with van der Waals surface area (Å²) in [6.45, 7) is 8.43. The lowest BCUT2D eigenvalue weighted by molar-refractivity contribution is 0.0952. The van der Waals surface area contributed by atoms with Gasteiger partial charge in [0.2, 0.25) is 0 Å². The lowest BCUT2D eigenvalue weighted by Crippen LogP contribution is -2.24. The summed E-state index contributed by atoms with van der Waals surface area (Å²) in [6, 6.07) is 5.83. The van der Waals surface area contributed by atoms with Crippen molar-refractivity contribution in [1.82, 2.24) is 20.4 Å². The Morgan fingerprint density at radius 3 is 2.82 bits per heavy atom. The maximum atomic E-state index is 13.0. The van der Waals surface area contributed by atoms with Crippen molar-refractivity contribution >= 4 is 22.8 Å². The summed E-state index contributed by atoms with van der Waals surface area (Å²) in [6.07, 6.45) is 4.22. The minimum absolute atomic E-state index is 0.153. The van der Waals surface area contributed by atoms with Gasteiger partial charge in [-0.25, -0.2) is 9.97 Å². The zero-order chi connectivity index (χ0) is 19.7. The molecule has 7 nitrogen and oxygen atoms in total. The Morgan fingerprint density at radius 2 is 2.07 bits per heavy atom. The molecular formula is C21H25N5O2. The van der Waals surface area contributed by atoms with E-state index in [1.165, 1.54) is 12.8 Å². The average Bonchev–Trinajstić information content (AvgIpc) is 3.36. The molecule has 0 spiro atoms. The molecule has 0 atom stereocenters. The second-order valence-electron chi connectivity index (χ2n) is 7.60. The van der Waals surface area contributed by atoms with Gasteiger partial charge in [0.1, 0.15) is 5.82 Å². The van der Waals surface area contributed by atoms with Crippen molar-refractivity contribution in [1.29, 1.82) is 0 Å². The number of anilines is 1. The summed E-state index contributed by atoms with van der Waals surface area (Å²) >= 11 is 0. The maximum absolute atomic E-state index is 13.0. The lowest BCUT2D eigenvalue weighted by Gasteiger charge is -2.17. The Labute approximate surface area is 164 Å². The van der Waals surface area contributed by atoms with Crippen molar-refractivity contribution in [3.05, 3.63) is 46.9 Å². The van der Waals surface area contributed by atoms with E-state index in [1.807, 2.05) is 32.9 Å². The third kappa shape index (κ3) is 3.56. The molecule has 1 N–H and O–H groups in total. The number of amides is 1. The van der Waals surface area contributed by atoms with Crippen molar-refractivity contribution in [3.63, 3.8) is 0 Å². The molecule has 0 unspecified atom stereocenters. The lowest BCUT2D eigenvalue weighted by atomic mass is 10.0. The van der Waals surface area contributed by atoms with Crippen molar-refractivity contribution in [2.75, 3.05) is 18.0 Å². The van der Waals surface area contributed by atoms with Crippen molar-refractivity contribution < 1.29 is 9.32 Å². The van der Waals surface area contributed by atoms with Crippen LogP contribution in [-0.2, 0) is 6.54 Å². The normalized spacial score (nSPS) is 14.2. The van der Waals surface area contributed by atoms with Gasteiger partial charge in [0.05, 0.1) is 16.6 Å². The van der Waals surface area contributed by atoms with E-state index < -0.39 is 0 Å². The molecule has 0 saturated carbocycles. The molecule has 7 heteroatoms. The first-order valence-corrected chi connectivity index (χ1v) is 9.78. The molecule has 0 aromatic carbocycles. The largest absolute Gasteiger partial charge is 0.357 e. The number of nitrogens with one attached hydrogen (secondary N) is 1. The van der Waals surface area contributed by atoms with Gasteiger partial charge in [-0.05, 0) is 49.4 Å². The van der Waals surface area contributed by atoms with Gasteiger partial charge in [-0.3, -0.25) is 4.79 Å². The van der Waals surface area contributed by atoms with Crippen LogP contribution in [0.5, 0.6) is 0 Å². The van der Waals surface area contributed by atoms with Gasteiger partial charge in [0.25, 0.3) is 11.6 Å². The Kier molecular flexibility index (Phi) is 4.98. The average molecular weight is 379 g/mol. The fourth-order valence-corrected chi connectivity index (χ4v) is 3.56. The molecule has 4 rings (SSSR count). The molecule has 3 aromatic heterocycles. The number of aromatic nitrogens is 3. The molecule has 0 bridgehead atoms. The highest BCUT2D eigenvalue weighted by atomic mass is 16.5. The van der Waals surface area contributed by atoms with Crippen LogP contribution in [0.3, 0.4) is 0 Å². The molecule has 1 fully saturated rings. The molecule has 28 heavy (non-hydrogen) atoms. The van der Waals surface area contributed by atoms with Crippen LogP contribution in [0.1, 0.15) is 59.9 Å². The number of aryl methyl sites for hydroxylation is 1. The van der Waals surface area contributed by atoms with E-state index >= 15 is 0 Å². The maximum Gasteiger partial charge on any atom is 0.259 e. The first-order valence-electron chi connectivity index (χ1n) is 9.78. The zero-order valence-electron chi connectivity index (χ0n) is 16.5. The standard InChI is InChI=1S/C21H25N5O2/c1-13(2)17-11-16(19-14(3)25-28-21(19)24-17)20(27)23-12-15-6-7-22-18(10-15)26-8-4-5-9-26/h6-7,10-11,13H,4-5,8-9,12H2,1-3H3,(H,23,27). The number of pyridine rings is 2. The van der Waals surface area contributed by atoms with Gasteiger partial charge in [0, 0.05) is 31.5 Å². The number of carbonyl (C=O) groups excluding carboxylic acids is 1. The highest BCUT2D eigenvalue weighted by Gasteiger charge is 2.20. The number of rotatable bonds is 5. The van der Waals surface area contributed by atoms with E-state index in [0.29, 0.717) is 28.9 Å². The minimum Gasteiger partial charge on any atom is -0.357 e. The Morgan fingerprint density at radius 1 is 1.29 bits per heavy atom. The first kappa shape index (κ1) is 18.4. The van der Waals surface area contributed by atoms with Gasteiger partial charge < -0.3 is 14.7 Å². The van der Waals surface area contributed by atoms with Crippen LogP contribution in [0.25, 0.3) is 11.1 Å². The number of hydrogen-bond acceptors (Lipinski definition) is 6. The van der Waals surface area contributed by atoms with E-state index in [4.69, 9.17) is 4.52 Å². The van der Waals surface area contributed by atoms with Gasteiger partial charge in [-0.1, -0.05) is 19.0 Å². The number of hydrogen-bond donors (Lipinski definition) is 1. The van der Waals surface area contributed by atoms with E-state index in [2.05, 4.69) is 31.4 Å². The molecule has 3 aromatic rings. The number of carbonyl (C=O) groups is 1. The van der Waals surface area contributed by atoms with E-state index in [-0.39, 0.29) is 11.8 Å². The van der Waals surface area contributed by atoms with E-state index in [1.54, 1.807) is 6.20 Å². The van der Waals surface area contributed by atoms with Gasteiger partial charge in [-0.15, -0.1) is 0 Å². The summed E-state index contributed by atoms with van der Waals surface area (Å²) in [7, 11) is 0. The predicted molar refractivity (Wildman–Crippen MR) is 107 cm³/mol. The van der Waals surface area contributed by atoms with E-state index in [9.17, 15) is 4.79 Å². The van der Waals surface area contributed by atoms with Crippen molar-refractivity contribution in [2.24, 2.45) is 0 Å². The molecule has 1 aliphatic heterocycles. The van der Waals surface area contributed by atoms with Crippen LogP contribution in [-0.4, -0.2) is 34.1 Å². The highest BCUT2D eigenvalue weighted by molar-refractivity contribution is 6.06. The molecule has 0 radical (unpaired) electrons. The van der Waals surface area contributed by atoms with Crippen LogP contribution in [0, 0.1) is 6.92 Å². The molecule has 0 aliphatic carbocycles. The smallest absolute Gasteiger partial charge is 0.259 e. The van der Waals surface area contributed by atoms with Gasteiger partial charge in [-0.2, -0.15) is 0 Å². The van der Waals surface area contributed by atoms with Crippen molar-refractivity contribution in [3.8, 4) is 0 Å². The Bertz CT molecular complexity index is 1010. The SMILES string of the molecule is Cc1noc2nc(C(C)C)cc(C(=O)NCc3ccnc(N4CCCC4)c3)c12. The summed E-state index contributed by atoms with van der Waals surface area (Å²) in [5.41, 5.74) is 3.48. The van der Waals surface area contributed by atoms with Crippen LogP contribution < -0.4 is 10.2 Å².